The van der Waals surface area contributed by atoms with E-state index in [1.807, 2.05) is 12.3 Å². The van der Waals surface area contributed by atoms with Gasteiger partial charge in [-0.05, 0) is 124 Å². The summed E-state index contributed by atoms with van der Waals surface area (Å²) < 4.78 is 4.78. The number of para-hydroxylation sites is 3. The molecule has 0 amide bonds. The van der Waals surface area contributed by atoms with Crippen molar-refractivity contribution in [2.24, 2.45) is 0 Å². The molecule has 0 spiro atoms. The number of fused-ring (bicyclic) bond motifs is 9. The average molecular weight is 686 g/mol. The molecule has 0 atom stereocenters. The fraction of sp³-hybridized carbons (Fsp3) is 0. The first-order chi connectivity index (χ1) is 26.8. The summed E-state index contributed by atoms with van der Waals surface area (Å²) >= 11 is 0. The van der Waals surface area contributed by atoms with Crippen molar-refractivity contribution >= 4 is 54.4 Å². The van der Waals surface area contributed by atoms with Crippen molar-refractivity contribution in [3.8, 4) is 56.0 Å². The van der Waals surface area contributed by atoms with Crippen LogP contribution in [0.15, 0.2) is 188 Å². The molecule has 0 aliphatic heterocycles. The van der Waals surface area contributed by atoms with Gasteiger partial charge in [0.15, 0.2) is 0 Å². The summed E-state index contributed by atoms with van der Waals surface area (Å²) in [5.74, 6) is 0. The van der Waals surface area contributed by atoms with Gasteiger partial charge in [0.1, 0.15) is 0 Å². The van der Waals surface area contributed by atoms with Crippen LogP contribution in [0, 0.1) is 0 Å². The first-order valence-electron chi connectivity index (χ1n) is 18.5. The summed E-state index contributed by atoms with van der Waals surface area (Å²) in [7, 11) is 0. The smallest absolute Gasteiger partial charge is 0.0786 e. The van der Waals surface area contributed by atoms with Crippen LogP contribution in [-0.2, 0) is 0 Å². The molecule has 54 heavy (non-hydrogen) atoms. The number of hydrogen-bond donors (Lipinski definition) is 0. The fourth-order valence-corrected chi connectivity index (χ4v) is 9.09. The van der Waals surface area contributed by atoms with Crippen LogP contribution in [-0.4, -0.2) is 14.1 Å². The fourth-order valence-electron chi connectivity index (χ4n) is 9.09. The summed E-state index contributed by atoms with van der Waals surface area (Å²) in [5.41, 5.74) is 16.7. The molecule has 0 saturated carbocycles. The summed E-state index contributed by atoms with van der Waals surface area (Å²) in [6.45, 7) is 0. The maximum absolute atomic E-state index is 4.78. The molecule has 3 nitrogen and oxygen atoms in total. The minimum atomic E-state index is 1.08. The molecule has 3 aromatic heterocycles. The Morgan fingerprint density at radius 1 is 0.333 bits per heavy atom. The van der Waals surface area contributed by atoms with Gasteiger partial charge in [0.2, 0.25) is 0 Å². The van der Waals surface area contributed by atoms with E-state index in [1.165, 1.54) is 99.0 Å². The molecule has 12 rings (SSSR count). The molecule has 1 aliphatic rings. The number of rotatable bonds is 4. The molecule has 1 aliphatic carbocycles. The zero-order chi connectivity index (χ0) is 35.3. The van der Waals surface area contributed by atoms with Gasteiger partial charge in [0.05, 0.1) is 27.8 Å². The third kappa shape index (κ3) is 4.15. The Morgan fingerprint density at radius 3 is 1.52 bits per heavy atom. The Balaban J connectivity index is 1.07. The minimum Gasteiger partial charge on any atom is -0.309 e. The van der Waals surface area contributed by atoms with Gasteiger partial charge >= 0.3 is 0 Å². The van der Waals surface area contributed by atoms with E-state index in [9.17, 15) is 0 Å². The van der Waals surface area contributed by atoms with E-state index >= 15 is 0 Å². The molecule has 0 saturated heterocycles. The largest absolute Gasteiger partial charge is 0.309 e. The van der Waals surface area contributed by atoms with E-state index in [2.05, 4.69) is 185 Å². The van der Waals surface area contributed by atoms with Crippen molar-refractivity contribution in [3.05, 3.63) is 188 Å². The molecule has 0 N–H and O–H groups in total. The van der Waals surface area contributed by atoms with E-state index in [0.29, 0.717) is 0 Å². The van der Waals surface area contributed by atoms with Crippen molar-refractivity contribution in [3.63, 3.8) is 0 Å². The molecule has 11 aromatic rings. The Kier molecular flexibility index (Phi) is 6.05. The molecule has 0 radical (unpaired) electrons. The highest BCUT2D eigenvalue weighted by Gasteiger charge is 2.23. The van der Waals surface area contributed by atoms with Crippen molar-refractivity contribution in [2.75, 3.05) is 0 Å². The lowest BCUT2D eigenvalue weighted by Crippen LogP contribution is -1.93. The first kappa shape index (κ1) is 29.4. The molecular weight excluding hydrogens is 655 g/mol. The van der Waals surface area contributed by atoms with Crippen molar-refractivity contribution in [1.29, 1.82) is 0 Å². The van der Waals surface area contributed by atoms with Crippen LogP contribution >= 0.6 is 0 Å². The van der Waals surface area contributed by atoms with Crippen LogP contribution in [0.25, 0.3) is 110 Å². The highest BCUT2D eigenvalue weighted by molar-refractivity contribution is 6.17. The quantitative estimate of drug-likeness (QED) is 0.181. The normalized spacial score (nSPS) is 12.1. The van der Waals surface area contributed by atoms with Crippen LogP contribution in [0.5, 0.6) is 0 Å². The third-order valence-electron chi connectivity index (χ3n) is 11.5. The Hall–Kier alpha value is -7.23. The predicted octanol–water partition coefficient (Wildman–Crippen LogP) is 13.4. The lowest BCUT2D eigenvalue weighted by atomic mass is 9.95. The average Bonchev–Trinajstić information content (AvgIpc) is 3.87. The van der Waals surface area contributed by atoms with Gasteiger partial charge in [-0.3, -0.25) is 4.98 Å². The summed E-state index contributed by atoms with van der Waals surface area (Å²) in [6, 6.07) is 66.6. The predicted molar refractivity (Wildman–Crippen MR) is 226 cm³/mol. The second-order valence-corrected chi connectivity index (χ2v) is 14.4. The van der Waals surface area contributed by atoms with Gasteiger partial charge in [0, 0.05) is 50.2 Å². The summed E-state index contributed by atoms with van der Waals surface area (Å²) in [4.78, 5) is 4.78. The number of pyridine rings is 1. The third-order valence-corrected chi connectivity index (χ3v) is 11.5. The SMILES string of the molecule is c1ccc(-n2c3ccccc3c3cc(-c4ccc5c(c4)c4cc(-c6cc7c8c(cccc8c6)-c6ncccc6-7)ccc4n5-c4ccccc4)ccc32)cc1. The standard InChI is InChI=1S/C51H31N3/c1-3-12-37(13-4-1)53-46-19-8-7-16-39(46)42-28-32(20-23-47(42)53)33-21-24-48-43(29-33)44-30-34(22-25-49(44)54(48)38-14-5-2-6-15-38)36-27-35-11-9-17-41-50(35)45(31-36)40-18-10-26-52-51(40)41/h1-31H. The molecule has 3 heterocycles. The van der Waals surface area contributed by atoms with Gasteiger partial charge in [-0.25, -0.2) is 0 Å². The van der Waals surface area contributed by atoms with Crippen LogP contribution < -0.4 is 0 Å². The van der Waals surface area contributed by atoms with E-state index in [4.69, 9.17) is 4.98 Å². The van der Waals surface area contributed by atoms with E-state index in [1.54, 1.807) is 0 Å². The van der Waals surface area contributed by atoms with Crippen LogP contribution in [0.4, 0.5) is 0 Å². The number of aromatic nitrogens is 3. The number of hydrogen-bond acceptors (Lipinski definition) is 1. The lowest BCUT2D eigenvalue weighted by molar-refractivity contribution is 1.18. The second kappa shape index (κ2) is 11.1. The molecule has 0 bridgehead atoms. The maximum Gasteiger partial charge on any atom is 0.0786 e. The van der Waals surface area contributed by atoms with Gasteiger partial charge in [-0.15, -0.1) is 0 Å². The van der Waals surface area contributed by atoms with E-state index < -0.39 is 0 Å². The zero-order valence-electron chi connectivity index (χ0n) is 29.2. The zero-order valence-corrected chi connectivity index (χ0v) is 29.2. The van der Waals surface area contributed by atoms with Crippen molar-refractivity contribution in [1.82, 2.24) is 14.1 Å². The van der Waals surface area contributed by atoms with E-state index in [-0.39, 0.29) is 0 Å². The van der Waals surface area contributed by atoms with Crippen LogP contribution in [0.1, 0.15) is 0 Å². The van der Waals surface area contributed by atoms with Gasteiger partial charge in [0.25, 0.3) is 0 Å². The monoisotopic (exact) mass is 685 g/mol. The Labute approximate surface area is 311 Å². The highest BCUT2D eigenvalue weighted by Crippen LogP contribution is 2.48. The van der Waals surface area contributed by atoms with Crippen molar-refractivity contribution < 1.29 is 0 Å². The molecule has 3 heteroatoms. The van der Waals surface area contributed by atoms with Crippen molar-refractivity contribution in [2.45, 2.75) is 0 Å². The molecule has 0 unspecified atom stereocenters. The second-order valence-electron chi connectivity index (χ2n) is 14.4. The van der Waals surface area contributed by atoms with Crippen LogP contribution in [0.2, 0.25) is 0 Å². The lowest BCUT2D eigenvalue weighted by Gasteiger charge is -2.10. The van der Waals surface area contributed by atoms with Gasteiger partial charge in [-0.2, -0.15) is 0 Å². The molecular formula is C51H31N3. The van der Waals surface area contributed by atoms with E-state index in [0.717, 1.165) is 11.4 Å². The number of benzene rings is 8. The van der Waals surface area contributed by atoms with Gasteiger partial charge in [-0.1, -0.05) is 97.1 Å². The topological polar surface area (TPSA) is 22.8 Å². The summed E-state index contributed by atoms with van der Waals surface area (Å²) in [6.07, 6.45) is 1.90. The Bertz CT molecular complexity index is 3310. The molecule has 0 fully saturated rings. The first-order valence-corrected chi connectivity index (χ1v) is 18.5. The summed E-state index contributed by atoms with van der Waals surface area (Å²) in [5, 5.41) is 7.53. The number of nitrogens with zero attached hydrogens (tertiary/aromatic N) is 3. The minimum absolute atomic E-state index is 1.08. The van der Waals surface area contributed by atoms with Crippen LogP contribution in [0.3, 0.4) is 0 Å². The Morgan fingerprint density at radius 2 is 0.870 bits per heavy atom. The highest BCUT2D eigenvalue weighted by atomic mass is 15.0. The molecule has 250 valence electrons. The molecule has 8 aromatic carbocycles. The van der Waals surface area contributed by atoms with Gasteiger partial charge < -0.3 is 9.13 Å². The maximum atomic E-state index is 4.78.